The Morgan fingerprint density at radius 1 is 0.655 bits per heavy atom. The van der Waals surface area contributed by atoms with Gasteiger partial charge < -0.3 is 19.1 Å². The fourth-order valence-electron chi connectivity index (χ4n) is 7.88. The number of aromatic nitrogens is 2. The molecule has 1 heterocycles. The van der Waals surface area contributed by atoms with Crippen LogP contribution in [0.2, 0.25) is 0 Å². The second-order valence-corrected chi connectivity index (χ2v) is 17.8. The molecule has 0 aliphatic heterocycles. The van der Waals surface area contributed by atoms with E-state index in [1.165, 1.54) is 70.6 Å². The van der Waals surface area contributed by atoms with Gasteiger partial charge in [0.15, 0.2) is 0 Å². The van der Waals surface area contributed by atoms with E-state index in [2.05, 4.69) is 62.9 Å². The van der Waals surface area contributed by atoms with Crippen molar-refractivity contribution in [1.82, 2.24) is 14.5 Å². The lowest BCUT2D eigenvalue weighted by Crippen LogP contribution is -2.49. The highest BCUT2D eigenvalue weighted by atomic mass is 16.5. The zero-order chi connectivity index (χ0) is 40.6. The predicted molar refractivity (Wildman–Crippen MR) is 230 cm³/mol. The third-order valence-electron chi connectivity index (χ3n) is 11.4. The van der Waals surface area contributed by atoms with E-state index in [4.69, 9.17) is 9.47 Å². The first kappa shape index (κ1) is 51.1. The molecule has 0 saturated carbocycles. The van der Waals surface area contributed by atoms with Crippen LogP contribution in [-0.4, -0.2) is 69.9 Å². The van der Waals surface area contributed by atoms with Gasteiger partial charge in [-0.05, 0) is 81.6 Å². The number of aliphatic hydroxyl groups is 1. The summed E-state index contributed by atoms with van der Waals surface area (Å²) in [5.74, 6) is 0.824. The highest BCUT2D eigenvalue weighted by molar-refractivity contribution is 5.70. The maximum absolute atomic E-state index is 12.7. The molecule has 4 unspecified atom stereocenters. The van der Waals surface area contributed by atoms with Gasteiger partial charge in [-0.25, -0.2) is 4.98 Å². The van der Waals surface area contributed by atoms with Crippen LogP contribution in [0.25, 0.3) is 0 Å². The van der Waals surface area contributed by atoms with Crippen LogP contribution < -0.4 is 0 Å². The standard InChI is InChI=1S/C47H89N3O5/c1-8-12-16-20-28-41(26-14-10-3)36-45(52)54-34-24-19-18-23-32-50(44(47(5,6)7)39-49-33-31-48-40-49)38-43(51)30-22-25-35-55-46(53)37-42(27-15-11-4)29-21-17-13-9-2/h31,33,40-44,51H,8-30,32,34-39H2,1-7H3. The second kappa shape index (κ2) is 33.1. The Bertz CT molecular complexity index is 1030. The van der Waals surface area contributed by atoms with E-state index in [1.54, 1.807) is 0 Å². The minimum atomic E-state index is -0.447. The number of esters is 2. The van der Waals surface area contributed by atoms with E-state index < -0.39 is 6.10 Å². The number of carbonyl (C=O) groups excluding carboxylic acids is 2. The molecule has 0 saturated heterocycles. The monoisotopic (exact) mass is 776 g/mol. The van der Waals surface area contributed by atoms with Crippen LogP contribution in [0.4, 0.5) is 0 Å². The van der Waals surface area contributed by atoms with Crippen LogP contribution in [0.3, 0.4) is 0 Å². The number of carbonyl (C=O) groups is 2. The zero-order valence-electron chi connectivity index (χ0n) is 37.2. The van der Waals surface area contributed by atoms with Crippen molar-refractivity contribution >= 4 is 11.9 Å². The van der Waals surface area contributed by atoms with Crippen molar-refractivity contribution in [2.75, 3.05) is 26.3 Å². The second-order valence-electron chi connectivity index (χ2n) is 17.8. The first-order valence-electron chi connectivity index (χ1n) is 23.2. The smallest absolute Gasteiger partial charge is 0.306 e. The van der Waals surface area contributed by atoms with Gasteiger partial charge in [-0.1, -0.05) is 138 Å². The number of aliphatic hydroxyl groups excluding tert-OH is 1. The minimum Gasteiger partial charge on any atom is -0.466 e. The van der Waals surface area contributed by atoms with E-state index in [0.717, 1.165) is 83.7 Å². The number of ether oxygens (including phenoxy) is 2. The topological polar surface area (TPSA) is 93.9 Å². The molecule has 0 fully saturated rings. The Morgan fingerprint density at radius 3 is 1.62 bits per heavy atom. The fraction of sp³-hybridized carbons (Fsp3) is 0.894. The van der Waals surface area contributed by atoms with Gasteiger partial charge in [0, 0.05) is 44.4 Å². The van der Waals surface area contributed by atoms with E-state index >= 15 is 0 Å². The van der Waals surface area contributed by atoms with Gasteiger partial charge in [-0.3, -0.25) is 14.5 Å². The van der Waals surface area contributed by atoms with Gasteiger partial charge in [0.1, 0.15) is 0 Å². The van der Waals surface area contributed by atoms with Crippen molar-refractivity contribution in [1.29, 1.82) is 0 Å². The van der Waals surface area contributed by atoms with Crippen molar-refractivity contribution in [3.63, 3.8) is 0 Å². The third-order valence-corrected chi connectivity index (χ3v) is 11.4. The van der Waals surface area contributed by atoms with E-state index in [-0.39, 0.29) is 23.4 Å². The SMILES string of the molecule is CCCCCCC(CCCC)CC(=O)OCCCCCCN(CC(O)CCCCOC(=O)CC(CCCC)CCCCCC)C(Cn1ccnc1)C(C)(C)C. The lowest BCUT2D eigenvalue weighted by Gasteiger charge is -2.41. The molecule has 0 radical (unpaired) electrons. The molecule has 0 aliphatic carbocycles. The molecule has 0 spiro atoms. The van der Waals surface area contributed by atoms with Crippen molar-refractivity contribution in [2.45, 2.75) is 228 Å². The number of unbranched alkanes of at least 4 members (excludes halogenated alkanes) is 12. The Labute approximate surface area is 339 Å². The molecule has 322 valence electrons. The van der Waals surface area contributed by atoms with Crippen LogP contribution in [0.1, 0.15) is 209 Å². The summed E-state index contributed by atoms with van der Waals surface area (Å²) in [6.07, 6.45) is 31.9. The van der Waals surface area contributed by atoms with Crippen LogP contribution in [0, 0.1) is 17.3 Å². The third kappa shape index (κ3) is 27.4. The summed E-state index contributed by atoms with van der Waals surface area (Å²) in [6, 6.07) is 0.225. The number of rotatable bonds is 37. The molecule has 0 aromatic carbocycles. The Morgan fingerprint density at radius 2 is 1.13 bits per heavy atom. The molecule has 1 aromatic heterocycles. The van der Waals surface area contributed by atoms with Gasteiger partial charge in [-0.15, -0.1) is 0 Å². The number of hydrogen-bond donors (Lipinski definition) is 1. The van der Waals surface area contributed by atoms with E-state index in [1.807, 2.05) is 18.7 Å². The molecule has 4 atom stereocenters. The van der Waals surface area contributed by atoms with Crippen LogP contribution in [-0.2, 0) is 25.6 Å². The normalized spacial score (nSPS) is 14.2. The molecule has 0 bridgehead atoms. The van der Waals surface area contributed by atoms with Crippen LogP contribution >= 0.6 is 0 Å². The fourth-order valence-corrected chi connectivity index (χ4v) is 7.88. The van der Waals surface area contributed by atoms with Gasteiger partial charge in [-0.2, -0.15) is 0 Å². The molecule has 1 N–H and O–H groups in total. The lowest BCUT2D eigenvalue weighted by atomic mass is 9.85. The minimum absolute atomic E-state index is 0.00235. The molecule has 1 rings (SSSR count). The maximum atomic E-state index is 12.7. The summed E-state index contributed by atoms with van der Waals surface area (Å²) in [7, 11) is 0. The van der Waals surface area contributed by atoms with Gasteiger partial charge in [0.05, 0.1) is 25.6 Å². The molecule has 8 nitrogen and oxygen atoms in total. The summed E-state index contributed by atoms with van der Waals surface area (Å²) < 4.78 is 13.5. The summed E-state index contributed by atoms with van der Waals surface area (Å²) in [4.78, 5) is 32.1. The van der Waals surface area contributed by atoms with E-state index in [0.29, 0.717) is 50.9 Å². The number of hydrogen-bond acceptors (Lipinski definition) is 7. The van der Waals surface area contributed by atoms with Gasteiger partial charge in [0.2, 0.25) is 0 Å². The van der Waals surface area contributed by atoms with E-state index in [9.17, 15) is 14.7 Å². The summed E-state index contributed by atoms with van der Waals surface area (Å²) >= 11 is 0. The molecule has 55 heavy (non-hydrogen) atoms. The Kier molecular flexibility index (Phi) is 30.7. The first-order chi connectivity index (χ1) is 26.5. The molecule has 0 aliphatic rings. The number of nitrogens with zero attached hydrogens (tertiary/aromatic N) is 3. The molecular formula is C47H89N3O5. The summed E-state index contributed by atoms with van der Waals surface area (Å²) in [5.41, 5.74) is 0.00235. The Hall–Kier alpha value is -1.93. The van der Waals surface area contributed by atoms with Crippen molar-refractivity contribution in [3.05, 3.63) is 18.7 Å². The quantitative estimate of drug-likeness (QED) is 0.0531. The highest BCUT2D eigenvalue weighted by Crippen LogP contribution is 2.28. The average molecular weight is 776 g/mol. The van der Waals surface area contributed by atoms with Gasteiger partial charge in [0.25, 0.3) is 0 Å². The molecule has 8 heteroatoms. The largest absolute Gasteiger partial charge is 0.466 e. The average Bonchev–Trinajstić information content (AvgIpc) is 3.67. The predicted octanol–water partition coefficient (Wildman–Crippen LogP) is 12.1. The summed E-state index contributed by atoms with van der Waals surface area (Å²) in [6.45, 7) is 19.0. The molecule has 1 aromatic rings. The highest BCUT2D eigenvalue weighted by Gasteiger charge is 2.31. The van der Waals surface area contributed by atoms with Crippen LogP contribution in [0.5, 0.6) is 0 Å². The summed E-state index contributed by atoms with van der Waals surface area (Å²) in [5, 5.41) is 11.3. The van der Waals surface area contributed by atoms with Gasteiger partial charge >= 0.3 is 11.9 Å². The lowest BCUT2D eigenvalue weighted by molar-refractivity contribution is -0.146. The first-order valence-corrected chi connectivity index (χ1v) is 23.2. The maximum Gasteiger partial charge on any atom is 0.306 e. The van der Waals surface area contributed by atoms with Crippen molar-refractivity contribution in [3.8, 4) is 0 Å². The van der Waals surface area contributed by atoms with Crippen molar-refractivity contribution < 1.29 is 24.2 Å². The van der Waals surface area contributed by atoms with Crippen molar-refractivity contribution in [2.24, 2.45) is 17.3 Å². The molecular weight excluding hydrogens is 687 g/mol. The molecule has 0 amide bonds. The van der Waals surface area contributed by atoms with Crippen LogP contribution in [0.15, 0.2) is 18.7 Å². The Balaban J connectivity index is 2.57. The zero-order valence-corrected chi connectivity index (χ0v) is 37.2. The number of imidazole rings is 1.